The Bertz CT molecular complexity index is 29.0. The van der Waals surface area contributed by atoms with Gasteiger partial charge in [0.15, 0.2) is 0 Å². The van der Waals surface area contributed by atoms with Crippen LogP contribution < -0.4 is 11.5 Å². The molecule has 0 atom stereocenters. The lowest BCUT2D eigenvalue weighted by Gasteiger charge is -1.62. The Morgan fingerprint density at radius 2 is 1.50 bits per heavy atom. The Labute approximate surface area is 23.6 Å². The van der Waals surface area contributed by atoms with Crippen LogP contribution in [0.15, 0.2) is 0 Å². The fourth-order valence-electron chi connectivity index (χ4n) is 0. The second-order valence-corrected chi connectivity index (χ2v) is 0.402. The van der Waals surface area contributed by atoms with E-state index in [9.17, 15) is 0 Å². The molecule has 4 N–H and O–H groups in total. The number of primary amides is 2. The van der Waals surface area contributed by atoms with E-state index >= 15 is 0 Å². The van der Waals surface area contributed by atoms with Crippen LogP contribution in [0.25, 0.3) is 0 Å². The Kier molecular flexibility index (Phi) is 0.581. The van der Waals surface area contributed by atoms with Crippen molar-refractivity contribution in [3.63, 3.8) is 0 Å². The summed E-state index contributed by atoms with van der Waals surface area (Å²) in [4.78, 5) is 9.00. The van der Waals surface area contributed by atoms with Crippen molar-refractivity contribution in [2.75, 3.05) is 0 Å². The van der Waals surface area contributed by atoms with Crippen LogP contribution in [0.4, 0.5) is 4.79 Å². The van der Waals surface area contributed by atoms with Crippen molar-refractivity contribution in [3.8, 4) is 0 Å². The van der Waals surface area contributed by atoms with Gasteiger partial charge in [0.25, 0.3) is 0 Å². The lowest BCUT2D eigenvalue weighted by Crippen LogP contribution is -2.18. The third kappa shape index (κ3) is 0.174. The minimum absolute atomic E-state index is 0.833. The first-order valence-corrected chi connectivity index (χ1v) is 0.781. The number of carbonyl (C=O) groups excluding carboxylic acids is 1. The summed E-state index contributed by atoms with van der Waals surface area (Å²) < 4.78 is 0. The van der Waals surface area contributed by atoms with Crippen molar-refractivity contribution in [1.29, 1.82) is 0 Å². The van der Waals surface area contributed by atoms with Gasteiger partial charge in [-0.05, 0) is 0 Å². The summed E-state index contributed by atoms with van der Waals surface area (Å²) in [5, 5.41) is 0. The maximum atomic E-state index is 9.00. The van der Waals surface area contributed by atoms with Gasteiger partial charge in [-0.25, -0.2) is 4.79 Å². The molecule has 2 amide bonds. The third-order valence-corrected chi connectivity index (χ3v) is 0. The molecule has 0 aliphatic rings. The average Bonchev–Trinajstić information content (AvgIpc) is 0.811. The lowest BCUT2D eigenvalue weighted by atomic mass is 11.2. The van der Waals surface area contributed by atoms with Crippen LogP contribution in [-0.2, 0) is 0 Å². The van der Waals surface area contributed by atoms with Crippen molar-refractivity contribution in [2.24, 2.45) is 11.5 Å². The smallest absolute Gasteiger partial charge is 0.309 e. The van der Waals surface area contributed by atoms with Crippen LogP contribution in [0.5, 0.6) is 0 Å². The molecule has 0 unspecified atom stereocenters. The monoisotopic (exact) mass is 61.0 g/mol. The van der Waals surface area contributed by atoms with Gasteiger partial charge >= 0.3 is 6.03 Å². The zero-order chi connectivity index (χ0) is 3.58. The first-order chi connectivity index (χ1) is 1.73. The first-order valence-electron chi connectivity index (χ1n) is 0.781. The van der Waals surface area contributed by atoms with Gasteiger partial charge in [0.05, 0.1) is 0 Å². The molecular formula is CH4N2O. The SMILES string of the molecule is NC(N)=[17O]. The lowest BCUT2D eigenvalue weighted by molar-refractivity contribution is 0.256. The summed E-state index contributed by atoms with van der Waals surface area (Å²) in [7, 11) is 0. The highest BCUT2D eigenvalue weighted by Crippen LogP contribution is 1.25. The number of hydrogen-bond acceptors (Lipinski definition) is 1. The summed E-state index contributed by atoms with van der Waals surface area (Å²) in [6.07, 6.45) is 0. The molecule has 0 aliphatic heterocycles. The predicted molar refractivity (Wildman–Crippen MR) is 13.8 cm³/mol. The van der Waals surface area contributed by atoms with Crippen molar-refractivity contribution >= 4 is 6.03 Å². The standard InChI is InChI=1S/CH4N2O/c2-1(3)4/h(H4,2,3,4)/i4+1. The van der Waals surface area contributed by atoms with Gasteiger partial charge in [-0.3, -0.25) is 0 Å². The Morgan fingerprint density at radius 3 is 1.50 bits per heavy atom. The van der Waals surface area contributed by atoms with Crippen LogP contribution in [-0.4, -0.2) is 6.03 Å². The minimum Gasteiger partial charge on any atom is -0.352 e. The van der Waals surface area contributed by atoms with E-state index < -0.39 is 6.03 Å². The van der Waals surface area contributed by atoms with Gasteiger partial charge in [-0.1, -0.05) is 0 Å². The summed E-state index contributed by atoms with van der Waals surface area (Å²) >= 11 is 0. The molecule has 0 aromatic heterocycles. The van der Waals surface area contributed by atoms with E-state index in [1.165, 1.54) is 0 Å². The van der Waals surface area contributed by atoms with Crippen LogP contribution >= 0.6 is 0 Å². The number of urea groups is 1. The number of amides is 2. The van der Waals surface area contributed by atoms with Crippen molar-refractivity contribution in [2.45, 2.75) is 0 Å². The summed E-state index contributed by atoms with van der Waals surface area (Å²) in [5.74, 6) is 0. The van der Waals surface area contributed by atoms with Crippen molar-refractivity contribution in [1.82, 2.24) is 0 Å². The fourth-order valence-corrected chi connectivity index (χ4v) is 0. The maximum absolute atomic E-state index is 9.00. The Hall–Kier alpha value is -0.730. The largest absolute Gasteiger partial charge is 0.352 e. The molecule has 4 heavy (non-hydrogen) atoms. The average molecular weight is 61.1 g/mol. The molecule has 0 aromatic carbocycles. The van der Waals surface area contributed by atoms with Crippen LogP contribution in [0.1, 0.15) is 0 Å². The highest BCUT2D eigenvalue weighted by Gasteiger charge is 1.60. The highest BCUT2D eigenvalue weighted by molar-refractivity contribution is 5.69. The van der Waals surface area contributed by atoms with Gasteiger partial charge in [0, 0.05) is 0 Å². The van der Waals surface area contributed by atoms with Crippen molar-refractivity contribution < 1.29 is 4.79 Å². The fraction of sp³-hybridized carbons (Fsp3) is 0. The quantitative estimate of drug-likeness (QED) is 0.371. The van der Waals surface area contributed by atoms with Gasteiger partial charge in [0.1, 0.15) is 0 Å². The Balaban J connectivity index is 2.80. The number of carbonyl (C=O) groups is 1. The van der Waals surface area contributed by atoms with E-state index in [0.29, 0.717) is 0 Å². The Morgan fingerprint density at radius 1 is 1.50 bits per heavy atom. The van der Waals surface area contributed by atoms with E-state index in [1.54, 1.807) is 0 Å². The van der Waals surface area contributed by atoms with E-state index in [-0.39, 0.29) is 0 Å². The van der Waals surface area contributed by atoms with E-state index in [0.717, 1.165) is 0 Å². The van der Waals surface area contributed by atoms with Gasteiger partial charge < -0.3 is 11.5 Å². The molecule has 0 rings (SSSR count). The molecule has 3 nitrogen and oxygen atoms in total. The third-order valence-electron chi connectivity index (χ3n) is 0. The molecule has 0 saturated heterocycles. The van der Waals surface area contributed by atoms with Gasteiger partial charge in [-0.2, -0.15) is 0 Å². The molecule has 0 bridgehead atoms. The van der Waals surface area contributed by atoms with Gasteiger partial charge in [0.2, 0.25) is 0 Å². The normalized spacial score (nSPS) is 6.00. The number of hydrogen-bond donors (Lipinski definition) is 2. The van der Waals surface area contributed by atoms with E-state index in [1.807, 2.05) is 0 Å². The van der Waals surface area contributed by atoms with Gasteiger partial charge in [-0.15, -0.1) is 0 Å². The van der Waals surface area contributed by atoms with E-state index in [4.69, 9.17) is 4.79 Å². The molecule has 0 spiro atoms. The molecule has 0 saturated carbocycles. The molecule has 0 aliphatic carbocycles. The van der Waals surface area contributed by atoms with Crippen LogP contribution in [0.3, 0.4) is 0 Å². The topological polar surface area (TPSA) is 69.1 Å². The molecule has 0 radical (unpaired) electrons. The summed E-state index contributed by atoms with van der Waals surface area (Å²) in [6, 6.07) is -0.833. The molecule has 0 fully saturated rings. The number of rotatable bonds is 0. The predicted octanol–water partition coefficient (Wildman–Crippen LogP) is -0.976. The maximum Gasteiger partial charge on any atom is 0.309 e. The summed E-state index contributed by atoms with van der Waals surface area (Å²) in [5.41, 5.74) is 8.50. The molecule has 24 valence electrons. The second kappa shape index (κ2) is 0.711. The highest BCUT2D eigenvalue weighted by atomic mass is 17.1. The zero-order valence-corrected chi connectivity index (χ0v) is 2.06. The summed E-state index contributed by atoms with van der Waals surface area (Å²) in [6.45, 7) is 0. The molecule has 0 heterocycles. The van der Waals surface area contributed by atoms with E-state index in [2.05, 4.69) is 11.5 Å². The zero-order valence-electron chi connectivity index (χ0n) is 2.06. The van der Waals surface area contributed by atoms with Crippen molar-refractivity contribution in [3.05, 3.63) is 0 Å². The molecule has 0 aromatic rings. The first kappa shape index (κ1) is 3.27. The minimum atomic E-state index is -0.833. The second-order valence-electron chi connectivity index (χ2n) is 0.402. The number of nitrogens with two attached hydrogens (primary N) is 2. The van der Waals surface area contributed by atoms with Crippen LogP contribution in [0, 0.1) is 0 Å². The van der Waals surface area contributed by atoms with Crippen LogP contribution in [0.2, 0.25) is 0 Å². The molecular weight excluding hydrogens is 57.0 g/mol. The molecule has 3 heteroatoms.